The van der Waals surface area contributed by atoms with Crippen LogP contribution in [0.5, 0.6) is 5.75 Å². The van der Waals surface area contributed by atoms with E-state index in [1.54, 1.807) is 14.1 Å². The molecule has 4 N–H and O–H groups in total. The number of fused-ring (bicyclic) bond motifs is 4. The monoisotopic (exact) mass is 576 g/mol. The summed E-state index contributed by atoms with van der Waals surface area (Å²) in [6, 6.07) is 6.54. The zero-order chi connectivity index (χ0) is 30.2. The highest BCUT2D eigenvalue weighted by molar-refractivity contribution is 6.32. The van der Waals surface area contributed by atoms with E-state index in [2.05, 4.69) is 16.8 Å². The summed E-state index contributed by atoms with van der Waals surface area (Å²) in [7, 11) is 5.22. The number of hydrogen-bond acceptors (Lipinski definition) is 10. The minimum absolute atomic E-state index is 0.0193. The van der Waals surface area contributed by atoms with Gasteiger partial charge in [0, 0.05) is 44.0 Å². The van der Waals surface area contributed by atoms with Crippen LogP contribution < -0.4 is 5.73 Å². The van der Waals surface area contributed by atoms with E-state index in [9.17, 15) is 34.2 Å². The van der Waals surface area contributed by atoms with Gasteiger partial charge in [-0.15, -0.1) is 0 Å². The van der Waals surface area contributed by atoms with Crippen LogP contribution in [-0.4, -0.2) is 113 Å². The fourth-order valence-corrected chi connectivity index (χ4v) is 7.78. The van der Waals surface area contributed by atoms with Gasteiger partial charge in [0.15, 0.2) is 34.7 Å². The van der Waals surface area contributed by atoms with E-state index in [-0.39, 0.29) is 24.2 Å². The number of phenolic OH excluding ortho intramolecular Hbond substituents is 1. The molecule has 222 valence electrons. The fourth-order valence-electron chi connectivity index (χ4n) is 7.78. The number of likely N-dealkylation sites (N-methyl/N-ethyl adjacent to an activating group) is 2. The molecule has 6 rings (SSSR count). The Balaban J connectivity index is 1.39. The second-order valence-corrected chi connectivity index (χ2v) is 12.7. The SMILES string of the molecule is CN1CCN(Cc2ccc3cc4c(c(O)c3c2)C(=O)C2C(=O)[C@]3(O)C(=O)C(C(N)=O)C(=O)[C@@H](N(C)C)[C@@H]3C[C@@H]2C4)CC1. The molecule has 0 radical (unpaired) electrons. The molecule has 6 atom stereocenters. The second-order valence-electron chi connectivity index (χ2n) is 12.7. The van der Waals surface area contributed by atoms with Crippen molar-refractivity contribution in [3.05, 3.63) is 41.0 Å². The Labute approximate surface area is 243 Å². The summed E-state index contributed by atoms with van der Waals surface area (Å²) < 4.78 is 0. The summed E-state index contributed by atoms with van der Waals surface area (Å²) >= 11 is 0. The third kappa shape index (κ3) is 4.13. The zero-order valence-electron chi connectivity index (χ0n) is 24.0. The first-order chi connectivity index (χ1) is 19.8. The maximum atomic E-state index is 14.0. The largest absolute Gasteiger partial charge is 0.507 e. The summed E-state index contributed by atoms with van der Waals surface area (Å²) in [6.07, 6.45) is 0.283. The van der Waals surface area contributed by atoms with Crippen molar-refractivity contribution in [2.45, 2.75) is 31.0 Å². The van der Waals surface area contributed by atoms with E-state index in [4.69, 9.17) is 5.73 Å². The Morgan fingerprint density at radius 1 is 1.07 bits per heavy atom. The molecule has 1 aliphatic heterocycles. The Kier molecular flexibility index (Phi) is 6.84. The average molecular weight is 577 g/mol. The van der Waals surface area contributed by atoms with Crippen LogP contribution in [0.3, 0.4) is 0 Å². The van der Waals surface area contributed by atoms with Crippen LogP contribution in [0.4, 0.5) is 0 Å². The molecule has 1 saturated heterocycles. The van der Waals surface area contributed by atoms with Crippen LogP contribution in [-0.2, 0) is 32.1 Å². The van der Waals surface area contributed by atoms with Crippen molar-refractivity contribution >= 4 is 39.8 Å². The second kappa shape index (κ2) is 10.0. The van der Waals surface area contributed by atoms with Crippen LogP contribution in [0.15, 0.2) is 24.3 Å². The highest BCUT2D eigenvalue weighted by Gasteiger charge is 2.69. The number of nitrogens with zero attached hydrogens (tertiary/aromatic N) is 3. The molecule has 1 amide bonds. The normalized spacial score (nSPS) is 32.2. The summed E-state index contributed by atoms with van der Waals surface area (Å²) in [5.74, 6) is -10.3. The van der Waals surface area contributed by atoms with Crippen LogP contribution >= 0.6 is 0 Å². The predicted octanol–water partition coefficient (Wildman–Crippen LogP) is -0.232. The number of benzene rings is 2. The van der Waals surface area contributed by atoms with E-state index < -0.39 is 64.4 Å². The first kappa shape index (κ1) is 28.6. The number of ketones is 4. The van der Waals surface area contributed by atoms with Gasteiger partial charge in [-0.25, -0.2) is 0 Å². The van der Waals surface area contributed by atoms with Gasteiger partial charge >= 0.3 is 0 Å². The predicted molar refractivity (Wildman–Crippen MR) is 152 cm³/mol. The number of carbonyl (C=O) groups is 5. The number of aliphatic hydroxyl groups is 1. The van der Waals surface area contributed by atoms with E-state index >= 15 is 0 Å². The van der Waals surface area contributed by atoms with Gasteiger partial charge in [-0.05, 0) is 62.5 Å². The smallest absolute Gasteiger partial charge is 0.235 e. The van der Waals surface area contributed by atoms with Gasteiger partial charge in [0.1, 0.15) is 5.75 Å². The first-order valence-corrected chi connectivity index (χ1v) is 14.4. The van der Waals surface area contributed by atoms with Crippen LogP contribution in [0.1, 0.15) is 27.9 Å². The Bertz CT molecular complexity index is 1550. The number of carbonyl (C=O) groups excluding carboxylic acids is 5. The Morgan fingerprint density at radius 2 is 1.76 bits per heavy atom. The number of aromatic hydroxyl groups is 1. The van der Waals surface area contributed by atoms with Crippen molar-refractivity contribution in [2.75, 3.05) is 47.3 Å². The number of Topliss-reactive ketones (excluding diaryl/α,β-unsaturated/α-hetero) is 4. The molecule has 0 bridgehead atoms. The van der Waals surface area contributed by atoms with Crippen molar-refractivity contribution in [1.82, 2.24) is 14.7 Å². The molecule has 3 aliphatic carbocycles. The van der Waals surface area contributed by atoms with Crippen LogP contribution in [0.2, 0.25) is 0 Å². The summed E-state index contributed by atoms with van der Waals surface area (Å²) in [5, 5.41) is 24.4. The maximum absolute atomic E-state index is 14.0. The molecule has 2 unspecified atom stereocenters. The third-order valence-corrected chi connectivity index (χ3v) is 9.93. The number of hydrogen-bond donors (Lipinski definition) is 3. The Hall–Kier alpha value is -3.51. The van der Waals surface area contributed by atoms with Crippen molar-refractivity contribution < 1.29 is 34.2 Å². The highest BCUT2D eigenvalue weighted by Crippen LogP contribution is 2.51. The molecular weight excluding hydrogens is 540 g/mol. The van der Waals surface area contributed by atoms with Gasteiger partial charge in [0.2, 0.25) is 5.91 Å². The summed E-state index contributed by atoms with van der Waals surface area (Å²) in [6.45, 7) is 4.48. The molecule has 11 nitrogen and oxygen atoms in total. The van der Waals surface area contributed by atoms with E-state index in [1.807, 2.05) is 24.3 Å². The number of amides is 1. The number of piperazine rings is 1. The van der Waals surface area contributed by atoms with Gasteiger partial charge in [-0.2, -0.15) is 0 Å². The molecule has 2 saturated carbocycles. The topological polar surface area (TPSA) is 162 Å². The molecular formula is C31H36N4O7. The molecule has 4 aliphatic rings. The average Bonchev–Trinajstić information content (AvgIpc) is 2.92. The zero-order valence-corrected chi connectivity index (χ0v) is 24.0. The van der Waals surface area contributed by atoms with Crippen molar-refractivity contribution in [3.8, 4) is 5.75 Å². The summed E-state index contributed by atoms with van der Waals surface area (Å²) in [5.41, 5.74) is 4.25. The summed E-state index contributed by atoms with van der Waals surface area (Å²) in [4.78, 5) is 72.9. The number of phenols is 1. The van der Waals surface area contributed by atoms with Crippen molar-refractivity contribution in [3.63, 3.8) is 0 Å². The quantitative estimate of drug-likeness (QED) is 0.415. The number of primary amides is 1. The molecule has 42 heavy (non-hydrogen) atoms. The molecule has 0 spiro atoms. The van der Waals surface area contributed by atoms with Crippen molar-refractivity contribution in [1.29, 1.82) is 0 Å². The Morgan fingerprint density at radius 3 is 2.40 bits per heavy atom. The molecule has 3 fully saturated rings. The third-order valence-electron chi connectivity index (χ3n) is 9.93. The first-order valence-electron chi connectivity index (χ1n) is 14.4. The minimum Gasteiger partial charge on any atom is -0.507 e. The van der Waals surface area contributed by atoms with Gasteiger partial charge in [-0.1, -0.05) is 18.2 Å². The molecule has 11 heteroatoms. The standard InChI is InChI=1S/C31H36N4O7/c1-33(2)24-20-13-18-12-17-11-16-5-4-15(14-35-8-6-34(3)7-9-35)10-19(16)25(36)21(17)26(37)22(18)28(39)31(20,42)29(40)23(27(24)38)30(32)41/h4-5,10-11,18,20,22-24,36,42H,6-9,12-14H2,1-3H3,(H2,32,41)/t18-,20-,22?,23?,24-,31-/m0/s1. The van der Waals surface area contributed by atoms with E-state index in [0.717, 1.165) is 37.1 Å². The molecule has 0 aromatic heterocycles. The van der Waals surface area contributed by atoms with Gasteiger partial charge in [-0.3, -0.25) is 33.8 Å². The van der Waals surface area contributed by atoms with Crippen molar-refractivity contribution in [2.24, 2.45) is 29.4 Å². The minimum atomic E-state index is -2.72. The highest BCUT2D eigenvalue weighted by atomic mass is 16.3. The van der Waals surface area contributed by atoms with E-state index in [0.29, 0.717) is 17.5 Å². The van der Waals surface area contributed by atoms with E-state index in [1.165, 1.54) is 4.90 Å². The molecule has 1 heterocycles. The lowest BCUT2D eigenvalue weighted by Crippen LogP contribution is -2.74. The molecule has 2 aromatic carbocycles. The van der Waals surface area contributed by atoms with Crippen LogP contribution in [0, 0.1) is 23.7 Å². The molecule has 2 aromatic rings. The fraction of sp³-hybridized carbons (Fsp3) is 0.516. The lowest BCUT2D eigenvalue weighted by molar-refractivity contribution is -0.181. The maximum Gasteiger partial charge on any atom is 0.235 e. The number of nitrogens with two attached hydrogens (primary N) is 1. The number of rotatable bonds is 4. The van der Waals surface area contributed by atoms with Gasteiger partial charge in [0.05, 0.1) is 17.5 Å². The van der Waals surface area contributed by atoms with Crippen LogP contribution in [0.25, 0.3) is 10.8 Å². The lowest BCUT2D eigenvalue weighted by Gasteiger charge is -2.52. The van der Waals surface area contributed by atoms with Gasteiger partial charge < -0.3 is 20.8 Å². The lowest BCUT2D eigenvalue weighted by atomic mass is 9.52. The van der Waals surface area contributed by atoms with Gasteiger partial charge in [0.25, 0.3) is 0 Å².